The zero-order valence-electron chi connectivity index (χ0n) is 16.3. The molecule has 0 unspecified atom stereocenters. The molecule has 0 saturated carbocycles. The van der Waals surface area contributed by atoms with Gasteiger partial charge in [0.15, 0.2) is 4.32 Å². The van der Waals surface area contributed by atoms with Crippen LogP contribution < -0.4 is 10.3 Å². The van der Waals surface area contributed by atoms with E-state index in [2.05, 4.69) is 12.3 Å². The molecule has 2 aliphatic rings. The van der Waals surface area contributed by atoms with Crippen molar-refractivity contribution >= 4 is 57.3 Å². The number of carbonyl (C=O) groups excluding carboxylic acids is 3. The van der Waals surface area contributed by atoms with E-state index in [1.54, 1.807) is 35.2 Å². The highest BCUT2D eigenvalue weighted by Crippen LogP contribution is 2.44. The lowest BCUT2D eigenvalue weighted by molar-refractivity contribution is -0.124. The van der Waals surface area contributed by atoms with Crippen molar-refractivity contribution in [2.75, 3.05) is 11.4 Å². The smallest absolute Gasteiger partial charge is 0.286 e. The average molecular weight is 438 g/mol. The molecular weight excluding hydrogens is 418 g/mol. The molecule has 4 rings (SSSR count). The fourth-order valence-electron chi connectivity index (χ4n) is 3.41. The minimum absolute atomic E-state index is 0.184. The highest BCUT2D eigenvalue weighted by molar-refractivity contribution is 8.26. The molecule has 2 heterocycles. The second-order valence-corrected chi connectivity index (χ2v) is 8.49. The number of thiocarbonyl (C=S) groups is 1. The minimum Gasteiger partial charge on any atom is -0.308 e. The van der Waals surface area contributed by atoms with Crippen LogP contribution in [0, 0.1) is 0 Å². The average Bonchev–Trinajstić information content (AvgIpc) is 3.20. The van der Waals surface area contributed by atoms with Gasteiger partial charge in [-0.15, -0.1) is 0 Å². The SMILES string of the molecule is CCCCN1C(=O)/C(=C2\SC(=S)N(NC(=O)c3ccccc3)C2=O)c2ccccc21. The molecule has 1 fully saturated rings. The molecule has 8 heteroatoms. The molecule has 152 valence electrons. The number of para-hydroxylation sites is 1. The van der Waals surface area contributed by atoms with Crippen molar-refractivity contribution < 1.29 is 14.4 Å². The largest absolute Gasteiger partial charge is 0.308 e. The first-order chi connectivity index (χ1) is 14.5. The number of carbonyl (C=O) groups is 3. The number of hydrogen-bond acceptors (Lipinski definition) is 5. The topological polar surface area (TPSA) is 69.7 Å². The van der Waals surface area contributed by atoms with Gasteiger partial charge in [-0.3, -0.25) is 19.8 Å². The van der Waals surface area contributed by atoms with Crippen LogP contribution in [0.2, 0.25) is 0 Å². The standard InChI is InChI=1S/C22H19N3O3S2/c1-2-3-13-24-16-12-8-7-11-15(16)17(20(24)27)18-21(28)25(22(29)30-18)23-19(26)14-9-5-4-6-10-14/h4-12H,2-3,13H2,1H3,(H,23,26)/b18-17-. The van der Waals surface area contributed by atoms with E-state index in [9.17, 15) is 14.4 Å². The van der Waals surface area contributed by atoms with Crippen molar-refractivity contribution in [2.24, 2.45) is 0 Å². The summed E-state index contributed by atoms with van der Waals surface area (Å²) in [4.78, 5) is 40.8. The van der Waals surface area contributed by atoms with Crippen LogP contribution in [0.3, 0.4) is 0 Å². The van der Waals surface area contributed by atoms with Gasteiger partial charge >= 0.3 is 0 Å². The molecular formula is C22H19N3O3S2. The van der Waals surface area contributed by atoms with E-state index >= 15 is 0 Å². The maximum absolute atomic E-state index is 13.2. The van der Waals surface area contributed by atoms with Crippen LogP contribution in [-0.4, -0.2) is 33.6 Å². The van der Waals surface area contributed by atoms with Gasteiger partial charge < -0.3 is 4.90 Å². The van der Waals surface area contributed by atoms with Crippen LogP contribution in [0.4, 0.5) is 5.69 Å². The monoisotopic (exact) mass is 437 g/mol. The van der Waals surface area contributed by atoms with Crippen molar-refractivity contribution in [3.05, 3.63) is 70.6 Å². The number of hydrazine groups is 1. The summed E-state index contributed by atoms with van der Waals surface area (Å²) in [6.45, 7) is 2.65. The number of fused-ring (bicyclic) bond motifs is 1. The van der Waals surface area contributed by atoms with Crippen LogP contribution in [0.15, 0.2) is 59.5 Å². The zero-order chi connectivity index (χ0) is 21.3. The fraction of sp³-hybridized carbons (Fsp3) is 0.182. The number of nitrogens with zero attached hydrogens (tertiary/aromatic N) is 2. The Morgan fingerprint density at radius 3 is 2.47 bits per heavy atom. The Labute approximate surface area is 183 Å². The second-order valence-electron chi connectivity index (χ2n) is 6.85. The summed E-state index contributed by atoms with van der Waals surface area (Å²) in [5, 5.41) is 1.04. The highest BCUT2D eigenvalue weighted by atomic mass is 32.2. The molecule has 2 aromatic carbocycles. The van der Waals surface area contributed by atoms with E-state index < -0.39 is 11.8 Å². The molecule has 1 N–H and O–H groups in total. The third-order valence-corrected chi connectivity index (χ3v) is 6.28. The van der Waals surface area contributed by atoms with Gasteiger partial charge in [0.1, 0.15) is 0 Å². The number of unbranched alkanes of at least 4 members (excludes halogenated alkanes) is 1. The fourth-order valence-corrected chi connectivity index (χ4v) is 4.66. The summed E-state index contributed by atoms with van der Waals surface area (Å²) in [6.07, 6.45) is 1.82. The number of amides is 3. The molecule has 0 radical (unpaired) electrons. The van der Waals surface area contributed by atoms with Gasteiger partial charge in [0.2, 0.25) is 0 Å². The van der Waals surface area contributed by atoms with Gasteiger partial charge in [-0.2, -0.15) is 5.01 Å². The van der Waals surface area contributed by atoms with Gasteiger partial charge in [-0.1, -0.05) is 61.5 Å². The molecule has 2 aliphatic heterocycles. The van der Waals surface area contributed by atoms with Crippen LogP contribution in [0.5, 0.6) is 0 Å². The lowest BCUT2D eigenvalue weighted by Crippen LogP contribution is -2.45. The first-order valence-electron chi connectivity index (χ1n) is 9.60. The molecule has 2 aromatic rings. The quantitative estimate of drug-likeness (QED) is 0.570. The lowest BCUT2D eigenvalue weighted by atomic mass is 10.1. The molecule has 0 atom stereocenters. The normalized spacial score (nSPS) is 18.2. The molecule has 0 spiro atoms. The van der Waals surface area contributed by atoms with E-state index in [0.29, 0.717) is 23.2 Å². The Hall–Kier alpha value is -2.97. The van der Waals surface area contributed by atoms with Crippen molar-refractivity contribution in [1.82, 2.24) is 10.4 Å². The summed E-state index contributed by atoms with van der Waals surface area (Å²) >= 11 is 6.36. The van der Waals surface area contributed by atoms with E-state index in [0.717, 1.165) is 35.3 Å². The predicted octanol–water partition coefficient (Wildman–Crippen LogP) is 3.75. The molecule has 0 aliphatic carbocycles. The molecule has 3 amide bonds. The summed E-state index contributed by atoms with van der Waals surface area (Å²) in [7, 11) is 0. The number of benzene rings is 2. The number of thioether (sulfide) groups is 1. The maximum atomic E-state index is 13.2. The number of rotatable bonds is 5. The van der Waals surface area contributed by atoms with Gasteiger partial charge in [0, 0.05) is 17.7 Å². The third kappa shape index (κ3) is 3.53. The van der Waals surface area contributed by atoms with Crippen LogP contribution in [0.1, 0.15) is 35.7 Å². The molecule has 30 heavy (non-hydrogen) atoms. The summed E-state index contributed by atoms with van der Waals surface area (Å²) in [5.41, 5.74) is 4.82. The van der Waals surface area contributed by atoms with E-state index in [1.807, 2.05) is 24.3 Å². The molecule has 0 aromatic heterocycles. The van der Waals surface area contributed by atoms with Crippen LogP contribution in [0.25, 0.3) is 5.57 Å². The van der Waals surface area contributed by atoms with E-state index in [4.69, 9.17) is 12.2 Å². The zero-order valence-corrected chi connectivity index (χ0v) is 17.9. The Bertz CT molecular complexity index is 1080. The van der Waals surface area contributed by atoms with E-state index in [-0.39, 0.29) is 15.1 Å². The Balaban J connectivity index is 1.67. The first kappa shape index (κ1) is 20.3. The number of hydrogen-bond donors (Lipinski definition) is 1. The Kier molecular flexibility index (Phi) is 5.69. The van der Waals surface area contributed by atoms with Crippen molar-refractivity contribution in [3.8, 4) is 0 Å². The summed E-state index contributed by atoms with van der Waals surface area (Å²) in [6, 6.07) is 16.0. The van der Waals surface area contributed by atoms with Crippen LogP contribution >= 0.6 is 24.0 Å². The maximum Gasteiger partial charge on any atom is 0.286 e. The predicted molar refractivity (Wildman–Crippen MR) is 122 cm³/mol. The van der Waals surface area contributed by atoms with Gasteiger partial charge in [0.05, 0.1) is 16.2 Å². The van der Waals surface area contributed by atoms with Gasteiger partial charge in [-0.25, -0.2) is 0 Å². The second kappa shape index (κ2) is 8.41. The van der Waals surface area contributed by atoms with E-state index in [1.165, 1.54) is 0 Å². The van der Waals surface area contributed by atoms with Gasteiger partial charge in [-0.05, 0) is 36.8 Å². The Morgan fingerprint density at radius 2 is 1.73 bits per heavy atom. The third-order valence-electron chi connectivity index (χ3n) is 4.90. The number of nitrogens with one attached hydrogen (secondary N) is 1. The van der Waals surface area contributed by atoms with Crippen molar-refractivity contribution in [3.63, 3.8) is 0 Å². The first-order valence-corrected chi connectivity index (χ1v) is 10.8. The van der Waals surface area contributed by atoms with Gasteiger partial charge in [0.25, 0.3) is 17.7 Å². The minimum atomic E-state index is -0.496. The van der Waals surface area contributed by atoms with Crippen molar-refractivity contribution in [2.45, 2.75) is 19.8 Å². The van der Waals surface area contributed by atoms with Crippen molar-refractivity contribution in [1.29, 1.82) is 0 Å². The summed E-state index contributed by atoms with van der Waals surface area (Å²) in [5.74, 6) is -1.15. The molecule has 6 nitrogen and oxygen atoms in total. The highest BCUT2D eigenvalue weighted by Gasteiger charge is 2.42. The van der Waals surface area contributed by atoms with Crippen LogP contribution in [-0.2, 0) is 9.59 Å². The summed E-state index contributed by atoms with van der Waals surface area (Å²) < 4.78 is 0.184. The Morgan fingerprint density at radius 1 is 1.03 bits per heavy atom. The molecule has 0 bridgehead atoms. The lowest BCUT2D eigenvalue weighted by Gasteiger charge is -2.16. The molecule has 1 saturated heterocycles. The number of anilines is 1.